The fraction of sp³-hybridized carbons (Fsp3) is 0.375. The van der Waals surface area contributed by atoms with E-state index in [1.807, 2.05) is 0 Å². The predicted octanol–water partition coefficient (Wildman–Crippen LogP) is 0.00770. The second-order valence-electron chi connectivity index (χ2n) is 5.25. The van der Waals surface area contributed by atoms with Crippen LogP contribution >= 0.6 is 0 Å². The Kier molecular flexibility index (Phi) is 7.04. The number of methoxy groups -OCH3 is 2. The first-order chi connectivity index (χ1) is 11.7. The lowest BCUT2D eigenvalue weighted by Gasteiger charge is -2.26. The molecule has 0 spiro atoms. The van der Waals surface area contributed by atoms with Crippen molar-refractivity contribution in [3.05, 3.63) is 35.6 Å². The Balaban J connectivity index is 3.08. The third-order valence-electron chi connectivity index (χ3n) is 3.64. The number of esters is 2. The smallest absolute Gasteiger partial charge is 0.320 e. The average Bonchev–Trinajstić information content (AvgIpc) is 2.58. The van der Waals surface area contributed by atoms with E-state index in [2.05, 4.69) is 14.8 Å². The van der Waals surface area contributed by atoms with Gasteiger partial charge in [0.15, 0.2) is 5.92 Å². The van der Waals surface area contributed by atoms with Crippen LogP contribution in [0.4, 0.5) is 4.39 Å². The zero-order valence-corrected chi connectivity index (χ0v) is 13.9. The van der Waals surface area contributed by atoms with Gasteiger partial charge in [-0.25, -0.2) is 4.39 Å². The van der Waals surface area contributed by atoms with Crippen LogP contribution in [0.3, 0.4) is 0 Å². The zero-order chi connectivity index (χ0) is 19.1. The van der Waals surface area contributed by atoms with Gasteiger partial charge in [0.05, 0.1) is 14.2 Å². The third kappa shape index (κ3) is 5.00. The molecule has 136 valence electrons. The van der Waals surface area contributed by atoms with Crippen LogP contribution in [0.25, 0.3) is 0 Å². The molecule has 0 heterocycles. The number of hydrogen-bond donors (Lipinski definition) is 2. The Bertz CT molecular complexity index is 662. The molecule has 0 radical (unpaired) electrons. The van der Waals surface area contributed by atoms with Gasteiger partial charge in [-0.3, -0.25) is 19.2 Å². The maximum atomic E-state index is 13.2. The Hall–Kier alpha value is -2.97. The van der Waals surface area contributed by atoms with Gasteiger partial charge in [-0.15, -0.1) is 0 Å². The van der Waals surface area contributed by atoms with Crippen molar-refractivity contribution in [3.8, 4) is 0 Å². The summed E-state index contributed by atoms with van der Waals surface area (Å²) in [6, 6.07) is 3.38. The van der Waals surface area contributed by atoms with Crippen molar-refractivity contribution in [2.24, 2.45) is 17.6 Å². The summed E-state index contributed by atoms with van der Waals surface area (Å²) in [7, 11) is 2.13. The van der Waals surface area contributed by atoms with E-state index in [9.17, 15) is 23.6 Å². The fourth-order valence-electron chi connectivity index (χ4n) is 2.29. The van der Waals surface area contributed by atoms with Gasteiger partial charge in [-0.05, 0) is 18.2 Å². The Morgan fingerprint density at radius 2 is 1.68 bits per heavy atom. The molecule has 1 rings (SSSR count). The van der Waals surface area contributed by atoms with Gasteiger partial charge in [0.25, 0.3) is 5.91 Å². The lowest BCUT2D eigenvalue weighted by atomic mass is 9.86. The number of carbonyl (C=O) groups excluding carboxylic acids is 4. The van der Waals surface area contributed by atoms with Gasteiger partial charge in [0, 0.05) is 11.5 Å². The molecule has 0 saturated heterocycles. The van der Waals surface area contributed by atoms with Crippen LogP contribution in [0.15, 0.2) is 24.3 Å². The summed E-state index contributed by atoms with van der Waals surface area (Å²) in [6.07, 6.45) is 0. The SMILES string of the molecule is COC(=O)C(C(=O)OC)[C@H](C)[C@H](NC(=O)c1cccc(F)c1)C(N)=O. The minimum Gasteiger partial charge on any atom is -0.468 e. The maximum Gasteiger partial charge on any atom is 0.320 e. The van der Waals surface area contributed by atoms with Crippen LogP contribution in [0.1, 0.15) is 17.3 Å². The number of hydrogen-bond acceptors (Lipinski definition) is 6. The molecule has 1 aromatic rings. The number of primary amides is 1. The van der Waals surface area contributed by atoms with Crippen molar-refractivity contribution >= 4 is 23.8 Å². The zero-order valence-electron chi connectivity index (χ0n) is 13.9. The maximum absolute atomic E-state index is 13.2. The summed E-state index contributed by atoms with van der Waals surface area (Å²) < 4.78 is 22.3. The van der Waals surface area contributed by atoms with Gasteiger partial charge in [0.1, 0.15) is 11.9 Å². The molecule has 3 N–H and O–H groups in total. The van der Waals surface area contributed by atoms with Crippen LogP contribution in [0.2, 0.25) is 0 Å². The molecule has 8 nitrogen and oxygen atoms in total. The van der Waals surface area contributed by atoms with Crippen LogP contribution in [0, 0.1) is 17.7 Å². The summed E-state index contributed by atoms with van der Waals surface area (Å²) in [5.41, 5.74) is 5.23. The third-order valence-corrected chi connectivity index (χ3v) is 3.64. The standard InChI is InChI=1S/C16H19FN2O6/c1-8(11(15(22)24-2)16(23)25-3)12(13(18)20)19-14(21)9-5-4-6-10(17)7-9/h4-8,11-12H,1-3H3,(H2,18,20)(H,19,21)/t8-,12-/m0/s1. The quantitative estimate of drug-likeness (QED) is 0.525. The largest absolute Gasteiger partial charge is 0.468 e. The van der Waals surface area contributed by atoms with Crippen molar-refractivity contribution in [1.29, 1.82) is 0 Å². The average molecular weight is 354 g/mol. The predicted molar refractivity (Wildman–Crippen MR) is 83.5 cm³/mol. The molecular weight excluding hydrogens is 335 g/mol. The normalized spacial score (nSPS) is 12.8. The lowest BCUT2D eigenvalue weighted by molar-refractivity contribution is -0.161. The molecule has 0 saturated carbocycles. The summed E-state index contributed by atoms with van der Waals surface area (Å²) in [6.45, 7) is 1.36. The number of nitrogens with one attached hydrogen (secondary N) is 1. The molecule has 25 heavy (non-hydrogen) atoms. The van der Waals surface area contributed by atoms with E-state index in [1.165, 1.54) is 19.1 Å². The monoisotopic (exact) mass is 354 g/mol. The van der Waals surface area contributed by atoms with Crippen molar-refractivity contribution in [2.45, 2.75) is 13.0 Å². The first-order valence-electron chi connectivity index (χ1n) is 7.24. The minimum atomic E-state index is -1.47. The lowest BCUT2D eigenvalue weighted by Crippen LogP contribution is -2.52. The Morgan fingerprint density at radius 3 is 2.12 bits per heavy atom. The van der Waals surface area contributed by atoms with E-state index < -0.39 is 47.4 Å². The molecule has 0 fully saturated rings. The topological polar surface area (TPSA) is 125 Å². The summed E-state index contributed by atoms with van der Waals surface area (Å²) >= 11 is 0. The molecule has 0 aliphatic rings. The minimum absolute atomic E-state index is 0.0499. The molecule has 0 aromatic heterocycles. The van der Waals surface area contributed by atoms with E-state index in [1.54, 1.807) is 0 Å². The number of halogens is 1. The van der Waals surface area contributed by atoms with Crippen molar-refractivity contribution in [1.82, 2.24) is 5.32 Å². The molecule has 0 unspecified atom stereocenters. The molecule has 9 heteroatoms. The van der Waals surface area contributed by atoms with Crippen LogP contribution in [0.5, 0.6) is 0 Å². The molecule has 1 aromatic carbocycles. The van der Waals surface area contributed by atoms with Crippen molar-refractivity contribution in [3.63, 3.8) is 0 Å². The highest BCUT2D eigenvalue weighted by Crippen LogP contribution is 2.20. The first kappa shape index (κ1) is 20.1. The van der Waals surface area contributed by atoms with Gasteiger partial charge in [-0.2, -0.15) is 0 Å². The van der Waals surface area contributed by atoms with Gasteiger partial charge in [0.2, 0.25) is 5.91 Å². The van der Waals surface area contributed by atoms with E-state index in [4.69, 9.17) is 5.73 Å². The van der Waals surface area contributed by atoms with E-state index in [-0.39, 0.29) is 5.56 Å². The number of nitrogens with two attached hydrogens (primary N) is 1. The molecule has 0 aliphatic heterocycles. The van der Waals surface area contributed by atoms with Crippen LogP contribution in [-0.2, 0) is 23.9 Å². The summed E-state index contributed by atoms with van der Waals surface area (Å²) in [5.74, 6) is -6.82. The summed E-state index contributed by atoms with van der Waals surface area (Å²) in [5, 5.41) is 2.30. The Labute approximate surface area is 143 Å². The van der Waals surface area contributed by atoms with Gasteiger partial charge < -0.3 is 20.5 Å². The van der Waals surface area contributed by atoms with E-state index in [0.717, 1.165) is 26.4 Å². The number of ether oxygens (including phenoxy) is 2. The number of benzene rings is 1. The molecule has 0 aliphatic carbocycles. The second-order valence-corrected chi connectivity index (χ2v) is 5.25. The number of amides is 2. The molecule has 2 atom stereocenters. The van der Waals surface area contributed by atoms with Crippen LogP contribution < -0.4 is 11.1 Å². The second kappa shape index (κ2) is 8.76. The molecule has 0 bridgehead atoms. The van der Waals surface area contributed by atoms with Crippen molar-refractivity contribution < 1.29 is 33.0 Å². The molecule has 2 amide bonds. The van der Waals surface area contributed by atoms with Crippen molar-refractivity contribution in [2.75, 3.05) is 14.2 Å². The van der Waals surface area contributed by atoms with Gasteiger partial charge >= 0.3 is 11.9 Å². The highest BCUT2D eigenvalue weighted by atomic mass is 19.1. The van der Waals surface area contributed by atoms with E-state index >= 15 is 0 Å². The fourth-order valence-corrected chi connectivity index (χ4v) is 2.29. The number of rotatable bonds is 7. The highest BCUT2D eigenvalue weighted by molar-refractivity contribution is 5.99. The first-order valence-corrected chi connectivity index (χ1v) is 7.24. The highest BCUT2D eigenvalue weighted by Gasteiger charge is 2.41. The Morgan fingerprint density at radius 1 is 1.12 bits per heavy atom. The van der Waals surface area contributed by atoms with E-state index in [0.29, 0.717) is 0 Å². The molecular formula is C16H19FN2O6. The summed E-state index contributed by atoms with van der Waals surface area (Å²) in [4.78, 5) is 47.6. The van der Waals surface area contributed by atoms with Gasteiger partial charge in [-0.1, -0.05) is 13.0 Å². The number of carbonyl (C=O) groups is 4. The van der Waals surface area contributed by atoms with Crippen LogP contribution in [-0.4, -0.2) is 44.0 Å².